The zero-order valence-corrected chi connectivity index (χ0v) is 11.9. The smallest absolute Gasteiger partial charge is 0.390 e. The summed E-state index contributed by atoms with van der Waals surface area (Å²) in [7, 11) is 0. The molecular weight excluding hydrogens is 291 g/mol. The number of fused-ring (bicyclic) bond motifs is 1. The van der Waals surface area contributed by atoms with Crippen LogP contribution in [0.5, 0.6) is 5.75 Å². The lowest BCUT2D eigenvalue weighted by molar-refractivity contribution is -0.139. The Morgan fingerprint density at radius 1 is 1.40 bits per heavy atom. The van der Waals surface area contributed by atoms with E-state index in [1.165, 1.54) is 0 Å². The van der Waals surface area contributed by atoms with E-state index >= 15 is 0 Å². The molecule has 112 valence electrons. The fourth-order valence-electron chi connectivity index (χ4n) is 2.55. The number of rotatable bonds is 5. The molecule has 0 fully saturated rings. The fourth-order valence-corrected chi connectivity index (χ4v) is 2.81. The highest BCUT2D eigenvalue weighted by Crippen LogP contribution is 2.34. The topological polar surface area (TPSA) is 21.3 Å². The number of nitrogens with one attached hydrogen (secondary N) is 1. The van der Waals surface area contributed by atoms with Crippen LogP contribution >= 0.6 is 11.6 Å². The van der Waals surface area contributed by atoms with Gasteiger partial charge < -0.3 is 10.1 Å². The van der Waals surface area contributed by atoms with Crippen LogP contribution in [0.15, 0.2) is 12.1 Å². The van der Waals surface area contributed by atoms with Gasteiger partial charge in [-0.25, -0.2) is 0 Å². The first-order valence-corrected chi connectivity index (χ1v) is 7.01. The Morgan fingerprint density at radius 3 is 2.80 bits per heavy atom. The lowest BCUT2D eigenvalue weighted by Crippen LogP contribution is -2.35. The number of likely N-dealkylation sites (N-methyl/N-ethyl adjacent to an activating group) is 1. The monoisotopic (exact) mass is 307 g/mol. The quantitative estimate of drug-likeness (QED) is 0.894. The van der Waals surface area contributed by atoms with Gasteiger partial charge in [-0.2, -0.15) is 13.2 Å². The van der Waals surface area contributed by atoms with Gasteiger partial charge in [-0.15, -0.1) is 0 Å². The lowest BCUT2D eigenvalue weighted by Gasteiger charge is -2.21. The van der Waals surface area contributed by atoms with Crippen LogP contribution in [-0.4, -0.2) is 25.4 Å². The van der Waals surface area contributed by atoms with Crippen LogP contribution in [0.4, 0.5) is 13.2 Å². The SMILES string of the molecule is CCNC(Cc1cc(Cl)cc2c1OCC2)CC(F)(F)F. The van der Waals surface area contributed by atoms with Gasteiger partial charge in [-0.1, -0.05) is 18.5 Å². The number of hydrogen-bond donors (Lipinski definition) is 1. The Kier molecular flexibility index (Phi) is 4.81. The number of ether oxygens (including phenoxy) is 1. The van der Waals surface area contributed by atoms with E-state index in [4.69, 9.17) is 16.3 Å². The van der Waals surface area contributed by atoms with Crippen molar-refractivity contribution in [1.29, 1.82) is 0 Å². The van der Waals surface area contributed by atoms with Gasteiger partial charge in [0.2, 0.25) is 0 Å². The third-order valence-electron chi connectivity index (χ3n) is 3.26. The second-order valence-corrected chi connectivity index (χ2v) is 5.37. The minimum atomic E-state index is -4.19. The normalized spacial score (nSPS) is 15.8. The van der Waals surface area contributed by atoms with E-state index in [-0.39, 0.29) is 6.42 Å². The maximum Gasteiger partial charge on any atom is 0.390 e. The number of halogens is 4. The Morgan fingerprint density at radius 2 is 2.15 bits per heavy atom. The van der Waals surface area contributed by atoms with Crippen molar-refractivity contribution in [2.75, 3.05) is 13.2 Å². The van der Waals surface area contributed by atoms with Crippen molar-refractivity contribution in [3.8, 4) is 5.75 Å². The van der Waals surface area contributed by atoms with E-state index in [9.17, 15) is 13.2 Å². The molecule has 0 radical (unpaired) electrons. The van der Waals surface area contributed by atoms with Crippen LogP contribution in [0.25, 0.3) is 0 Å². The maximum absolute atomic E-state index is 12.6. The van der Waals surface area contributed by atoms with Gasteiger partial charge in [0, 0.05) is 17.5 Å². The van der Waals surface area contributed by atoms with E-state index in [0.29, 0.717) is 23.9 Å². The molecule has 1 aliphatic heterocycles. The van der Waals surface area contributed by atoms with E-state index in [1.807, 2.05) is 6.07 Å². The highest BCUT2D eigenvalue weighted by molar-refractivity contribution is 6.30. The molecule has 0 saturated carbocycles. The largest absolute Gasteiger partial charge is 0.493 e. The van der Waals surface area contributed by atoms with Gasteiger partial charge >= 0.3 is 6.18 Å². The summed E-state index contributed by atoms with van der Waals surface area (Å²) in [5.41, 5.74) is 1.73. The van der Waals surface area contributed by atoms with Crippen molar-refractivity contribution in [3.05, 3.63) is 28.3 Å². The zero-order valence-electron chi connectivity index (χ0n) is 11.2. The molecule has 20 heavy (non-hydrogen) atoms. The first-order valence-electron chi connectivity index (χ1n) is 6.63. The van der Waals surface area contributed by atoms with Crippen molar-refractivity contribution < 1.29 is 17.9 Å². The predicted molar refractivity (Wildman–Crippen MR) is 72.5 cm³/mol. The average Bonchev–Trinajstić information content (AvgIpc) is 2.74. The molecule has 2 nitrogen and oxygen atoms in total. The number of hydrogen-bond acceptors (Lipinski definition) is 2. The van der Waals surface area contributed by atoms with Crippen molar-refractivity contribution in [2.24, 2.45) is 0 Å². The van der Waals surface area contributed by atoms with Gasteiger partial charge in [0.1, 0.15) is 5.75 Å². The molecule has 1 unspecified atom stereocenters. The highest BCUT2D eigenvalue weighted by atomic mass is 35.5. The Hall–Kier alpha value is -0.940. The molecule has 0 aliphatic carbocycles. The van der Waals surface area contributed by atoms with E-state index < -0.39 is 18.6 Å². The molecule has 1 aromatic rings. The van der Waals surface area contributed by atoms with E-state index in [2.05, 4.69) is 5.32 Å². The molecule has 0 spiro atoms. The van der Waals surface area contributed by atoms with Crippen molar-refractivity contribution in [1.82, 2.24) is 5.32 Å². The van der Waals surface area contributed by atoms with Crippen LogP contribution in [-0.2, 0) is 12.8 Å². The maximum atomic E-state index is 12.6. The van der Waals surface area contributed by atoms with Gasteiger partial charge in [-0.3, -0.25) is 0 Å². The van der Waals surface area contributed by atoms with Gasteiger partial charge in [0.05, 0.1) is 13.0 Å². The predicted octanol–water partition coefficient (Wildman–Crippen LogP) is 3.75. The molecule has 0 bridgehead atoms. The summed E-state index contributed by atoms with van der Waals surface area (Å²) in [6.45, 7) is 2.85. The second kappa shape index (κ2) is 6.22. The third-order valence-corrected chi connectivity index (χ3v) is 3.48. The minimum absolute atomic E-state index is 0.260. The summed E-state index contributed by atoms with van der Waals surface area (Å²) in [6.07, 6.45) is -4.03. The molecular formula is C14H17ClF3NO. The van der Waals surface area contributed by atoms with Gasteiger partial charge in [-0.05, 0) is 36.2 Å². The van der Waals surface area contributed by atoms with E-state index in [1.54, 1.807) is 13.0 Å². The molecule has 1 N–H and O–H groups in total. The standard InChI is InChI=1S/C14H17ClF3NO/c1-2-19-12(8-14(16,17)18)7-10-6-11(15)5-9-3-4-20-13(9)10/h5-6,12,19H,2-4,7-8H2,1H3. The molecule has 2 rings (SSSR count). The molecule has 1 aromatic carbocycles. The van der Waals surface area contributed by atoms with Crippen molar-refractivity contribution in [2.45, 2.75) is 38.4 Å². The van der Waals surface area contributed by atoms with Crippen LogP contribution in [0, 0.1) is 0 Å². The van der Waals surface area contributed by atoms with Crippen LogP contribution in [0.2, 0.25) is 5.02 Å². The zero-order chi connectivity index (χ0) is 14.8. The summed E-state index contributed by atoms with van der Waals surface area (Å²) in [6, 6.07) is 2.86. The average molecular weight is 308 g/mol. The summed E-state index contributed by atoms with van der Waals surface area (Å²) in [5.74, 6) is 0.708. The van der Waals surface area contributed by atoms with E-state index in [0.717, 1.165) is 17.5 Å². The van der Waals surface area contributed by atoms with Crippen LogP contribution < -0.4 is 10.1 Å². The molecule has 0 amide bonds. The third kappa shape index (κ3) is 4.03. The minimum Gasteiger partial charge on any atom is -0.493 e. The second-order valence-electron chi connectivity index (χ2n) is 4.93. The Labute approximate surface area is 121 Å². The van der Waals surface area contributed by atoms with Gasteiger partial charge in [0.15, 0.2) is 0 Å². The molecule has 0 saturated heterocycles. The van der Waals surface area contributed by atoms with Crippen LogP contribution in [0.1, 0.15) is 24.5 Å². The van der Waals surface area contributed by atoms with Crippen molar-refractivity contribution >= 4 is 11.6 Å². The van der Waals surface area contributed by atoms with Crippen LogP contribution in [0.3, 0.4) is 0 Å². The molecule has 1 heterocycles. The highest BCUT2D eigenvalue weighted by Gasteiger charge is 2.32. The summed E-state index contributed by atoms with van der Waals surface area (Å²) in [4.78, 5) is 0. The van der Waals surface area contributed by atoms with Gasteiger partial charge in [0.25, 0.3) is 0 Å². The molecule has 1 aliphatic rings. The number of alkyl halides is 3. The summed E-state index contributed by atoms with van der Waals surface area (Å²) in [5, 5.41) is 3.43. The molecule has 6 heteroatoms. The molecule has 1 atom stereocenters. The Balaban J connectivity index is 2.18. The lowest BCUT2D eigenvalue weighted by atomic mass is 9.99. The first kappa shape index (κ1) is 15.4. The number of benzene rings is 1. The Bertz CT molecular complexity index is 476. The summed E-state index contributed by atoms with van der Waals surface area (Å²) < 4.78 is 43.3. The molecule has 0 aromatic heterocycles. The first-order chi connectivity index (χ1) is 9.39. The summed E-state index contributed by atoms with van der Waals surface area (Å²) >= 11 is 6.02. The fraction of sp³-hybridized carbons (Fsp3) is 0.571. The van der Waals surface area contributed by atoms with Crippen molar-refractivity contribution in [3.63, 3.8) is 0 Å².